The Bertz CT molecular complexity index is 856. The van der Waals surface area contributed by atoms with Gasteiger partial charge in [-0.25, -0.2) is 13.1 Å². The van der Waals surface area contributed by atoms with Gasteiger partial charge in [0.25, 0.3) is 0 Å². The van der Waals surface area contributed by atoms with E-state index in [2.05, 4.69) is 9.82 Å². The number of aryl methyl sites for hydroxylation is 1. The van der Waals surface area contributed by atoms with E-state index in [1.807, 2.05) is 60.1 Å². The van der Waals surface area contributed by atoms with E-state index in [0.717, 1.165) is 16.1 Å². The summed E-state index contributed by atoms with van der Waals surface area (Å²) < 4.78 is 28.5. The van der Waals surface area contributed by atoms with Crippen molar-refractivity contribution in [2.45, 2.75) is 13.0 Å². The van der Waals surface area contributed by atoms with Crippen LogP contribution < -0.4 is 4.72 Å². The van der Waals surface area contributed by atoms with Crippen molar-refractivity contribution in [3.05, 3.63) is 65.7 Å². The molecule has 0 bridgehead atoms. The van der Waals surface area contributed by atoms with Gasteiger partial charge in [0.05, 0.1) is 17.2 Å². The van der Waals surface area contributed by atoms with Crippen LogP contribution in [0.3, 0.4) is 0 Å². The number of sulfonamides is 1. The first-order chi connectivity index (χ1) is 11.6. The lowest BCUT2D eigenvalue weighted by Gasteiger charge is -2.07. The van der Waals surface area contributed by atoms with Gasteiger partial charge in [0.2, 0.25) is 10.0 Å². The zero-order chi connectivity index (χ0) is 16.8. The van der Waals surface area contributed by atoms with Crippen LogP contribution in [0.25, 0.3) is 10.6 Å². The van der Waals surface area contributed by atoms with E-state index < -0.39 is 10.0 Å². The highest BCUT2D eigenvalue weighted by Crippen LogP contribution is 2.22. The highest BCUT2D eigenvalue weighted by molar-refractivity contribution is 7.89. The van der Waals surface area contributed by atoms with Gasteiger partial charge >= 0.3 is 0 Å². The Kier molecular flexibility index (Phi) is 5.44. The maximum atomic E-state index is 12.0. The largest absolute Gasteiger partial charge is 0.271 e. The molecule has 1 aromatic carbocycles. The summed E-state index contributed by atoms with van der Waals surface area (Å²) in [6.45, 7) is 0.846. The molecule has 0 amide bonds. The van der Waals surface area contributed by atoms with Crippen molar-refractivity contribution in [1.29, 1.82) is 0 Å². The molecule has 126 valence electrons. The second-order valence-corrected chi connectivity index (χ2v) is 8.26. The lowest BCUT2D eigenvalue weighted by Crippen LogP contribution is -2.30. The molecule has 0 radical (unpaired) electrons. The second kappa shape index (κ2) is 7.74. The van der Waals surface area contributed by atoms with E-state index in [4.69, 9.17) is 0 Å². The summed E-state index contributed by atoms with van der Waals surface area (Å²) in [5.41, 5.74) is 1.94. The van der Waals surface area contributed by atoms with Gasteiger partial charge in [0.15, 0.2) is 0 Å². The zero-order valence-electron chi connectivity index (χ0n) is 13.1. The van der Waals surface area contributed by atoms with Crippen LogP contribution in [0.1, 0.15) is 5.56 Å². The third kappa shape index (κ3) is 4.77. The molecule has 3 rings (SSSR count). The fourth-order valence-corrected chi connectivity index (χ4v) is 4.07. The van der Waals surface area contributed by atoms with Crippen LogP contribution in [-0.2, 0) is 23.0 Å². The molecule has 24 heavy (non-hydrogen) atoms. The topological polar surface area (TPSA) is 64.0 Å². The summed E-state index contributed by atoms with van der Waals surface area (Å²) in [7, 11) is -3.28. The third-order valence-electron chi connectivity index (χ3n) is 3.58. The molecular formula is C17H19N3O2S2. The number of nitrogens with one attached hydrogen (secondary N) is 1. The predicted octanol–water partition coefficient (Wildman–Crippen LogP) is 2.77. The average Bonchev–Trinajstić information content (AvgIpc) is 3.25. The summed E-state index contributed by atoms with van der Waals surface area (Å²) >= 11 is 1.63. The number of thiophene rings is 1. The van der Waals surface area contributed by atoms with Gasteiger partial charge < -0.3 is 0 Å². The van der Waals surface area contributed by atoms with Gasteiger partial charge in [-0.1, -0.05) is 36.4 Å². The number of rotatable bonds is 8. The molecule has 0 aliphatic carbocycles. The molecule has 5 nitrogen and oxygen atoms in total. The second-order valence-electron chi connectivity index (χ2n) is 5.39. The molecule has 0 unspecified atom stereocenters. The highest BCUT2D eigenvalue weighted by atomic mass is 32.2. The van der Waals surface area contributed by atoms with Crippen LogP contribution in [-0.4, -0.2) is 30.5 Å². The first-order valence-corrected chi connectivity index (χ1v) is 10.2. The van der Waals surface area contributed by atoms with Crippen molar-refractivity contribution >= 4 is 21.4 Å². The minimum atomic E-state index is -3.28. The van der Waals surface area contributed by atoms with E-state index >= 15 is 0 Å². The van der Waals surface area contributed by atoms with Crippen LogP contribution in [0.2, 0.25) is 0 Å². The molecule has 0 atom stereocenters. The number of nitrogens with zero attached hydrogens (tertiary/aromatic N) is 2. The van der Waals surface area contributed by atoms with Gasteiger partial charge in [-0.15, -0.1) is 11.3 Å². The summed E-state index contributed by atoms with van der Waals surface area (Å²) in [4.78, 5) is 1.11. The van der Waals surface area contributed by atoms with Crippen molar-refractivity contribution in [2.75, 3.05) is 12.3 Å². The predicted molar refractivity (Wildman–Crippen MR) is 97.5 cm³/mol. The molecule has 2 heterocycles. The number of hydrogen-bond donors (Lipinski definition) is 1. The molecule has 0 saturated carbocycles. The van der Waals surface area contributed by atoms with Gasteiger partial charge in [0, 0.05) is 12.7 Å². The Balaban J connectivity index is 1.47. The maximum Gasteiger partial charge on any atom is 0.211 e. The van der Waals surface area contributed by atoms with E-state index in [1.165, 1.54) is 0 Å². The zero-order valence-corrected chi connectivity index (χ0v) is 14.8. The average molecular weight is 361 g/mol. The quantitative estimate of drug-likeness (QED) is 0.671. The Morgan fingerprint density at radius 2 is 1.92 bits per heavy atom. The lowest BCUT2D eigenvalue weighted by atomic mass is 10.2. The number of benzene rings is 1. The van der Waals surface area contributed by atoms with Crippen LogP contribution in [0.15, 0.2) is 60.1 Å². The number of hydrogen-bond acceptors (Lipinski definition) is 4. The lowest BCUT2D eigenvalue weighted by molar-refractivity contribution is 0.561. The maximum absolute atomic E-state index is 12.0. The van der Waals surface area contributed by atoms with Crippen molar-refractivity contribution in [3.63, 3.8) is 0 Å². The number of aromatic nitrogens is 2. The Morgan fingerprint density at radius 3 is 2.67 bits per heavy atom. The molecule has 0 spiro atoms. The Hall–Kier alpha value is -1.96. The Morgan fingerprint density at radius 1 is 1.08 bits per heavy atom. The minimum Gasteiger partial charge on any atom is -0.271 e. The summed E-state index contributed by atoms with van der Waals surface area (Å²) in [5.74, 6) is 0.0938. The molecule has 0 saturated heterocycles. The third-order valence-corrected chi connectivity index (χ3v) is 5.86. The molecule has 2 aromatic heterocycles. The molecule has 7 heteroatoms. The normalized spacial score (nSPS) is 11.7. The van der Waals surface area contributed by atoms with E-state index in [1.54, 1.807) is 16.0 Å². The van der Waals surface area contributed by atoms with E-state index in [0.29, 0.717) is 19.5 Å². The molecule has 3 aromatic rings. The standard InChI is InChI=1S/C17H19N3O2S2/c21-24(22,14-9-15-5-2-1-3-6-15)18-10-12-20-11-8-16(19-20)17-7-4-13-23-17/h1-8,11,13,18H,9-10,12,14H2. The fourth-order valence-electron chi connectivity index (χ4n) is 2.33. The van der Waals surface area contributed by atoms with Crippen molar-refractivity contribution in [2.24, 2.45) is 0 Å². The molecule has 0 aliphatic rings. The van der Waals surface area contributed by atoms with E-state index in [9.17, 15) is 8.42 Å². The minimum absolute atomic E-state index is 0.0938. The van der Waals surface area contributed by atoms with Crippen molar-refractivity contribution in [3.8, 4) is 10.6 Å². The Labute approximate surface area is 146 Å². The fraction of sp³-hybridized carbons (Fsp3) is 0.235. The van der Waals surface area contributed by atoms with Crippen LogP contribution >= 0.6 is 11.3 Å². The molecular weight excluding hydrogens is 342 g/mol. The SMILES string of the molecule is O=S(=O)(CCc1ccccc1)NCCn1ccc(-c2cccs2)n1. The van der Waals surface area contributed by atoms with Crippen molar-refractivity contribution in [1.82, 2.24) is 14.5 Å². The van der Waals surface area contributed by atoms with Gasteiger partial charge in [-0.3, -0.25) is 4.68 Å². The molecule has 0 aliphatic heterocycles. The summed E-state index contributed by atoms with van der Waals surface area (Å²) in [6.07, 6.45) is 2.38. The van der Waals surface area contributed by atoms with Crippen LogP contribution in [0, 0.1) is 0 Å². The monoisotopic (exact) mass is 361 g/mol. The van der Waals surface area contributed by atoms with Gasteiger partial charge in [-0.05, 0) is 29.5 Å². The van der Waals surface area contributed by atoms with Crippen LogP contribution in [0.5, 0.6) is 0 Å². The smallest absolute Gasteiger partial charge is 0.211 e. The summed E-state index contributed by atoms with van der Waals surface area (Å²) in [6, 6.07) is 15.6. The van der Waals surface area contributed by atoms with Crippen molar-refractivity contribution < 1.29 is 8.42 Å². The van der Waals surface area contributed by atoms with Gasteiger partial charge in [0.1, 0.15) is 5.69 Å². The summed E-state index contributed by atoms with van der Waals surface area (Å²) in [5, 5.41) is 6.47. The molecule has 0 fully saturated rings. The first-order valence-electron chi connectivity index (χ1n) is 7.71. The van der Waals surface area contributed by atoms with Gasteiger partial charge in [-0.2, -0.15) is 5.10 Å². The molecule has 1 N–H and O–H groups in total. The van der Waals surface area contributed by atoms with E-state index in [-0.39, 0.29) is 5.75 Å². The first kappa shape index (κ1) is 16.9. The van der Waals surface area contributed by atoms with Crippen LogP contribution in [0.4, 0.5) is 0 Å². The highest BCUT2D eigenvalue weighted by Gasteiger charge is 2.10.